The van der Waals surface area contributed by atoms with Gasteiger partial charge in [-0.05, 0) is 54.7 Å². The highest BCUT2D eigenvalue weighted by molar-refractivity contribution is 6.02. The lowest BCUT2D eigenvalue weighted by Crippen LogP contribution is -2.47. The molecule has 3 rings (SSSR count). The fourth-order valence-electron chi connectivity index (χ4n) is 3.40. The van der Waals surface area contributed by atoms with Crippen molar-refractivity contribution < 1.29 is 14.3 Å². The average molecular weight is 353 g/mol. The smallest absolute Gasteiger partial charge is 0.268 e. The van der Waals surface area contributed by atoms with Gasteiger partial charge in [-0.15, -0.1) is 0 Å². The third kappa shape index (κ3) is 3.27. The number of fused-ring (bicyclic) bond motifs is 1. The first-order chi connectivity index (χ1) is 12.4. The molecule has 2 heterocycles. The molecule has 26 heavy (non-hydrogen) atoms. The molecule has 1 aromatic heterocycles. The van der Waals surface area contributed by atoms with E-state index in [1.807, 2.05) is 51.4 Å². The topological polar surface area (TPSA) is 85.5 Å². The molecule has 2 N–H and O–H groups in total. The molecule has 0 fully saturated rings. The van der Waals surface area contributed by atoms with Gasteiger partial charge >= 0.3 is 0 Å². The number of primary amides is 1. The van der Waals surface area contributed by atoms with Crippen molar-refractivity contribution in [3.05, 3.63) is 41.7 Å². The summed E-state index contributed by atoms with van der Waals surface area (Å²) in [5.41, 5.74) is 10.2. The maximum Gasteiger partial charge on any atom is 0.268 e. The van der Waals surface area contributed by atoms with Crippen LogP contribution in [0.25, 0.3) is 11.1 Å². The fraction of sp³-hybridized carbons (Fsp3) is 0.350. The van der Waals surface area contributed by atoms with Crippen molar-refractivity contribution in [3.8, 4) is 16.9 Å². The number of anilines is 1. The Bertz CT molecular complexity index is 843. The molecule has 136 valence electrons. The molecule has 0 bridgehead atoms. The van der Waals surface area contributed by atoms with Crippen molar-refractivity contribution in [3.63, 3.8) is 0 Å². The van der Waals surface area contributed by atoms with Crippen LogP contribution in [0.15, 0.2) is 30.6 Å². The Morgan fingerprint density at radius 3 is 2.58 bits per heavy atom. The van der Waals surface area contributed by atoms with Crippen LogP contribution in [0.2, 0.25) is 0 Å². The SMILES string of the molecule is CCCN1C(=O)C(CC(N)=O)Oc2ccc(-c3c(C)cncc3C)cc21. The number of pyridine rings is 1. The van der Waals surface area contributed by atoms with Gasteiger partial charge in [0.25, 0.3) is 5.91 Å². The molecule has 0 aliphatic carbocycles. The van der Waals surface area contributed by atoms with Crippen molar-refractivity contribution in [1.29, 1.82) is 0 Å². The van der Waals surface area contributed by atoms with Gasteiger partial charge in [-0.3, -0.25) is 14.6 Å². The number of aromatic nitrogens is 1. The van der Waals surface area contributed by atoms with Gasteiger partial charge in [0.1, 0.15) is 5.75 Å². The zero-order valence-corrected chi connectivity index (χ0v) is 15.3. The zero-order chi connectivity index (χ0) is 18.8. The second-order valence-corrected chi connectivity index (χ2v) is 6.60. The maximum atomic E-state index is 12.8. The fourth-order valence-corrected chi connectivity index (χ4v) is 3.40. The number of ether oxygens (including phenoxy) is 1. The number of aryl methyl sites for hydroxylation is 2. The average Bonchev–Trinajstić information content (AvgIpc) is 2.58. The standard InChI is InChI=1S/C20H23N3O3/c1-4-7-23-15-8-14(19-12(2)10-22-11-13(19)3)5-6-16(15)26-17(20(23)25)9-18(21)24/h5-6,8,10-11,17H,4,7,9H2,1-3H3,(H2,21,24). The number of nitrogens with zero attached hydrogens (tertiary/aromatic N) is 2. The Balaban J connectivity index is 2.07. The maximum absolute atomic E-state index is 12.8. The predicted molar refractivity (Wildman–Crippen MR) is 100 cm³/mol. The van der Waals surface area contributed by atoms with Gasteiger partial charge in [0, 0.05) is 18.9 Å². The Kier molecular flexibility index (Phi) is 4.93. The highest BCUT2D eigenvalue weighted by atomic mass is 16.5. The first-order valence-corrected chi connectivity index (χ1v) is 8.74. The van der Waals surface area contributed by atoms with E-state index in [0.717, 1.165) is 34.4 Å². The van der Waals surface area contributed by atoms with Crippen LogP contribution in [0.5, 0.6) is 5.75 Å². The molecule has 2 amide bonds. The lowest BCUT2D eigenvalue weighted by Gasteiger charge is -2.34. The molecule has 6 nitrogen and oxygen atoms in total. The second kappa shape index (κ2) is 7.15. The number of carbonyl (C=O) groups is 2. The van der Waals surface area contributed by atoms with E-state index in [2.05, 4.69) is 4.98 Å². The minimum absolute atomic E-state index is 0.122. The molecule has 2 aromatic rings. The molecule has 1 aliphatic heterocycles. The Morgan fingerprint density at radius 1 is 1.27 bits per heavy atom. The number of carbonyl (C=O) groups excluding carboxylic acids is 2. The number of hydrogen-bond donors (Lipinski definition) is 1. The summed E-state index contributed by atoms with van der Waals surface area (Å²) in [5, 5.41) is 0. The van der Waals surface area contributed by atoms with Gasteiger partial charge < -0.3 is 15.4 Å². The normalized spacial score (nSPS) is 16.2. The van der Waals surface area contributed by atoms with Crippen LogP contribution in [-0.4, -0.2) is 29.4 Å². The summed E-state index contributed by atoms with van der Waals surface area (Å²) in [5.74, 6) is -0.182. The molecule has 6 heteroatoms. The molecule has 1 unspecified atom stereocenters. The van der Waals surface area contributed by atoms with Crippen LogP contribution in [0, 0.1) is 13.8 Å². The van der Waals surface area contributed by atoms with Crippen LogP contribution in [-0.2, 0) is 9.59 Å². The van der Waals surface area contributed by atoms with E-state index in [1.54, 1.807) is 4.90 Å². The third-order valence-electron chi connectivity index (χ3n) is 4.51. The van der Waals surface area contributed by atoms with Crippen LogP contribution >= 0.6 is 0 Å². The Hall–Kier alpha value is -2.89. The summed E-state index contributed by atoms with van der Waals surface area (Å²) >= 11 is 0. The summed E-state index contributed by atoms with van der Waals surface area (Å²) in [6.07, 6.45) is 3.47. The molecular formula is C20H23N3O3. The van der Waals surface area contributed by atoms with E-state index < -0.39 is 12.0 Å². The van der Waals surface area contributed by atoms with Gasteiger partial charge in [0.15, 0.2) is 6.10 Å². The van der Waals surface area contributed by atoms with Crippen LogP contribution in [0.4, 0.5) is 5.69 Å². The number of amides is 2. The minimum atomic E-state index is -0.859. The first-order valence-electron chi connectivity index (χ1n) is 8.74. The second-order valence-electron chi connectivity index (χ2n) is 6.60. The summed E-state index contributed by atoms with van der Waals surface area (Å²) in [6, 6.07) is 5.79. The van der Waals surface area contributed by atoms with E-state index in [0.29, 0.717) is 12.3 Å². The predicted octanol–water partition coefficient (Wildman–Crippen LogP) is 2.74. The molecule has 0 radical (unpaired) electrons. The highest BCUT2D eigenvalue weighted by Gasteiger charge is 2.35. The monoisotopic (exact) mass is 353 g/mol. The van der Waals surface area contributed by atoms with Gasteiger partial charge in [-0.25, -0.2) is 0 Å². The molecule has 1 aromatic carbocycles. The largest absolute Gasteiger partial charge is 0.478 e. The zero-order valence-electron chi connectivity index (χ0n) is 15.3. The summed E-state index contributed by atoms with van der Waals surface area (Å²) in [6.45, 7) is 6.60. The quantitative estimate of drug-likeness (QED) is 0.895. The Morgan fingerprint density at radius 2 is 1.96 bits per heavy atom. The third-order valence-corrected chi connectivity index (χ3v) is 4.51. The van der Waals surface area contributed by atoms with Crippen molar-refractivity contribution in [2.45, 2.75) is 39.7 Å². The lowest BCUT2D eigenvalue weighted by molar-refractivity contribution is -0.131. The van der Waals surface area contributed by atoms with E-state index in [1.165, 1.54) is 0 Å². The van der Waals surface area contributed by atoms with E-state index in [-0.39, 0.29) is 12.3 Å². The summed E-state index contributed by atoms with van der Waals surface area (Å²) in [7, 11) is 0. The Labute approximate surface area is 153 Å². The van der Waals surface area contributed by atoms with Crippen molar-refractivity contribution in [1.82, 2.24) is 4.98 Å². The number of hydrogen-bond acceptors (Lipinski definition) is 4. The number of benzene rings is 1. The first kappa shape index (κ1) is 17.9. The van der Waals surface area contributed by atoms with E-state index >= 15 is 0 Å². The lowest BCUT2D eigenvalue weighted by atomic mass is 9.96. The molecule has 0 saturated carbocycles. The molecule has 0 spiro atoms. The van der Waals surface area contributed by atoms with Gasteiger partial charge in [0.2, 0.25) is 5.91 Å². The summed E-state index contributed by atoms with van der Waals surface area (Å²) < 4.78 is 5.78. The van der Waals surface area contributed by atoms with Crippen molar-refractivity contribution >= 4 is 17.5 Å². The number of rotatable bonds is 5. The number of nitrogens with two attached hydrogens (primary N) is 1. The van der Waals surface area contributed by atoms with E-state index in [4.69, 9.17) is 10.5 Å². The van der Waals surface area contributed by atoms with Crippen LogP contribution < -0.4 is 15.4 Å². The van der Waals surface area contributed by atoms with Gasteiger partial charge in [0.05, 0.1) is 12.1 Å². The minimum Gasteiger partial charge on any atom is -0.478 e. The highest BCUT2D eigenvalue weighted by Crippen LogP contribution is 2.39. The molecule has 1 atom stereocenters. The van der Waals surface area contributed by atoms with Crippen LogP contribution in [0.3, 0.4) is 0 Å². The molecule has 0 saturated heterocycles. The summed E-state index contributed by atoms with van der Waals surface area (Å²) in [4.78, 5) is 30.0. The van der Waals surface area contributed by atoms with Crippen molar-refractivity contribution in [2.24, 2.45) is 5.73 Å². The van der Waals surface area contributed by atoms with Crippen molar-refractivity contribution in [2.75, 3.05) is 11.4 Å². The molecule has 1 aliphatic rings. The van der Waals surface area contributed by atoms with E-state index in [9.17, 15) is 9.59 Å². The molecular weight excluding hydrogens is 330 g/mol. The van der Waals surface area contributed by atoms with Gasteiger partial charge in [-0.1, -0.05) is 13.0 Å². The van der Waals surface area contributed by atoms with Crippen LogP contribution in [0.1, 0.15) is 30.9 Å². The van der Waals surface area contributed by atoms with Gasteiger partial charge in [-0.2, -0.15) is 0 Å².